The fourth-order valence-corrected chi connectivity index (χ4v) is 4.29. The molecular formula is C23H26N2O3S. The van der Waals surface area contributed by atoms with Crippen LogP contribution in [0.15, 0.2) is 48.5 Å². The van der Waals surface area contributed by atoms with E-state index in [0.29, 0.717) is 6.42 Å². The Morgan fingerprint density at radius 2 is 1.69 bits per heavy atom. The standard InChI is InChI=1S/C23H26N2O3S/c1-29-13-12-21(22(26)24-15-10-11-15)25-23(27)28-14-20-18-8-4-2-6-16(18)17-7-3-5-9-19(17)20/h2-9,15,20-21H,10-14H2,1H3,(H,24,26)(H,25,27)/t21-/m0/s1. The van der Waals surface area contributed by atoms with Gasteiger partial charge in [-0.2, -0.15) is 11.8 Å². The molecule has 152 valence electrons. The van der Waals surface area contributed by atoms with Crippen molar-refractivity contribution >= 4 is 23.8 Å². The van der Waals surface area contributed by atoms with E-state index in [1.54, 1.807) is 11.8 Å². The minimum absolute atomic E-state index is 0.0121. The highest BCUT2D eigenvalue weighted by Gasteiger charge is 2.31. The predicted molar refractivity (Wildman–Crippen MR) is 116 cm³/mol. The number of ether oxygens (including phenoxy) is 1. The van der Waals surface area contributed by atoms with Gasteiger partial charge in [-0.1, -0.05) is 48.5 Å². The van der Waals surface area contributed by atoms with Gasteiger partial charge in [0.15, 0.2) is 0 Å². The largest absolute Gasteiger partial charge is 0.449 e. The summed E-state index contributed by atoms with van der Waals surface area (Å²) in [5.74, 6) is 0.694. The quantitative estimate of drug-likeness (QED) is 0.692. The summed E-state index contributed by atoms with van der Waals surface area (Å²) in [6.45, 7) is 0.249. The fourth-order valence-electron chi connectivity index (χ4n) is 3.82. The number of rotatable bonds is 8. The summed E-state index contributed by atoms with van der Waals surface area (Å²) in [4.78, 5) is 24.9. The van der Waals surface area contributed by atoms with Crippen molar-refractivity contribution in [2.45, 2.75) is 37.3 Å². The third kappa shape index (κ3) is 4.58. The number of nitrogens with one attached hydrogen (secondary N) is 2. The van der Waals surface area contributed by atoms with Crippen molar-refractivity contribution < 1.29 is 14.3 Å². The van der Waals surface area contributed by atoms with Crippen LogP contribution < -0.4 is 10.6 Å². The molecular weight excluding hydrogens is 384 g/mol. The summed E-state index contributed by atoms with van der Waals surface area (Å²) < 4.78 is 5.58. The number of alkyl carbamates (subject to hydrolysis) is 1. The highest BCUT2D eigenvalue weighted by molar-refractivity contribution is 7.98. The zero-order valence-electron chi connectivity index (χ0n) is 16.5. The summed E-state index contributed by atoms with van der Waals surface area (Å²) >= 11 is 1.66. The zero-order valence-corrected chi connectivity index (χ0v) is 17.3. The van der Waals surface area contributed by atoms with Gasteiger partial charge in [-0.3, -0.25) is 4.79 Å². The van der Waals surface area contributed by atoms with Crippen LogP contribution in [-0.2, 0) is 9.53 Å². The second-order valence-corrected chi connectivity index (χ2v) is 8.57. The molecule has 2 amide bonds. The highest BCUT2D eigenvalue weighted by Crippen LogP contribution is 2.44. The molecule has 0 aliphatic heterocycles. The van der Waals surface area contributed by atoms with E-state index in [2.05, 4.69) is 34.9 Å². The molecule has 5 nitrogen and oxygen atoms in total. The van der Waals surface area contributed by atoms with Gasteiger partial charge in [0.1, 0.15) is 12.6 Å². The number of hydrogen-bond acceptors (Lipinski definition) is 4. The van der Waals surface area contributed by atoms with Gasteiger partial charge >= 0.3 is 6.09 Å². The van der Waals surface area contributed by atoms with E-state index in [-0.39, 0.29) is 24.5 Å². The summed E-state index contributed by atoms with van der Waals surface area (Å²) in [7, 11) is 0. The topological polar surface area (TPSA) is 67.4 Å². The monoisotopic (exact) mass is 410 g/mol. The number of fused-ring (bicyclic) bond motifs is 3. The maximum Gasteiger partial charge on any atom is 0.407 e. The van der Waals surface area contributed by atoms with Crippen LogP contribution in [0.4, 0.5) is 4.79 Å². The number of amides is 2. The van der Waals surface area contributed by atoms with E-state index in [4.69, 9.17) is 4.74 Å². The summed E-state index contributed by atoms with van der Waals surface area (Å²) in [6, 6.07) is 16.2. The SMILES string of the molecule is CSCC[C@H](NC(=O)OCC1c2ccccc2-c2ccccc21)C(=O)NC1CC1. The molecule has 2 aromatic rings. The van der Waals surface area contributed by atoms with Crippen molar-refractivity contribution in [2.24, 2.45) is 0 Å². The molecule has 0 saturated heterocycles. The van der Waals surface area contributed by atoms with Crippen molar-refractivity contribution in [2.75, 3.05) is 18.6 Å². The predicted octanol–water partition coefficient (Wildman–Crippen LogP) is 3.93. The molecule has 1 saturated carbocycles. The molecule has 1 atom stereocenters. The van der Waals surface area contributed by atoms with Gasteiger partial charge in [0, 0.05) is 12.0 Å². The summed E-state index contributed by atoms with van der Waals surface area (Å²) in [5.41, 5.74) is 4.73. The van der Waals surface area contributed by atoms with Crippen LogP contribution in [0, 0.1) is 0 Å². The van der Waals surface area contributed by atoms with Gasteiger partial charge in [0.25, 0.3) is 0 Å². The Morgan fingerprint density at radius 1 is 1.07 bits per heavy atom. The Kier molecular flexibility index (Phi) is 6.09. The molecule has 0 unspecified atom stereocenters. The van der Waals surface area contributed by atoms with Crippen molar-refractivity contribution in [3.63, 3.8) is 0 Å². The van der Waals surface area contributed by atoms with E-state index < -0.39 is 12.1 Å². The lowest BCUT2D eigenvalue weighted by Gasteiger charge is -2.19. The molecule has 0 bridgehead atoms. The van der Waals surface area contributed by atoms with Gasteiger partial charge < -0.3 is 15.4 Å². The van der Waals surface area contributed by atoms with Gasteiger partial charge in [-0.15, -0.1) is 0 Å². The highest BCUT2D eigenvalue weighted by atomic mass is 32.2. The summed E-state index contributed by atoms with van der Waals surface area (Å²) in [5, 5.41) is 5.74. The van der Waals surface area contributed by atoms with Crippen LogP contribution in [0.3, 0.4) is 0 Å². The lowest BCUT2D eigenvalue weighted by Crippen LogP contribution is -2.48. The van der Waals surface area contributed by atoms with Crippen LogP contribution in [0.5, 0.6) is 0 Å². The number of hydrogen-bond donors (Lipinski definition) is 2. The van der Waals surface area contributed by atoms with Crippen LogP contribution in [0.2, 0.25) is 0 Å². The van der Waals surface area contributed by atoms with Crippen LogP contribution in [0.25, 0.3) is 11.1 Å². The molecule has 2 aliphatic rings. The maximum absolute atomic E-state index is 12.5. The second-order valence-electron chi connectivity index (χ2n) is 7.59. The van der Waals surface area contributed by atoms with Gasteiger partial charge in [-0.25, -0.2) is 4.79 Å². The number of carbonyl (C=O) groups is 2. The third-order valence-corrected chi connectivity index (χ3v) is 6.13. The number of carbonyl (C=O) groups excluding carboxylic acids is 2. The lowest BCUT2D eigenvalue weighted by molar-refractivity contribution is -0.123. The van der Waals surface area contributed by atoms with E-state index in [1.807, 2.05) is 30.5 Å². The molecule has 1 fully saturated rings. The molecule has 2 aromatic carbocycles. The second kappa shape index (κ2) is 8.91. The molecule has 2 N–H and O–H groups in total. The first-order chi connectivity index (χ1) is 14.2. The Balaban J connectivity index is 1.40. The van der Waals surface area contributed by atoms with E-state index in [0.717, 1.165) is 18.6 Å². The van der Waals surface area contributed by atoms with Crippen molar-refractivity contribution in [3.8, 4) is 11.1 Å². The smallest absolute Gasteiger partial charge is 0.407 e. The number of benzene rings is 2. The zero-order chi connectivity index (χ0) is 20.2. The first-order valence-electron chi connectivity index (χ1n) is 10.1. The van der Waals surface area contributed by atoms with Crippen LogP contribution in [0.1, 0.15) is 36.3 Å². The minimum Gasteiger partial charge on any atom is -0.449 e. The average Bonchev–Trinajstić information content (AvgIpc) is 3.50. The fraction of sp³-hybridized carbons (Fsp3) is 0.391. The van der Waals surface area contributed by atoms with Crippen LogP contribution in [-0.4, -0.2) is 42.7 Å². The Labute approximate surface area is 175 Å². The Morgan fingerprint density at radius 3 is 2.28 bits per heavy atom. The molecule has 0 aromatic heterocycles. The maximum atomic E-state index is 12.5. The Hall–Kier alpha value is -2.47. The van der Waals surface area contributed by atoms with Gasteiger partial charge in [0.2, 0.25) is 5.91 Å². The molecule has 6 heteroatoms. The Bertz CT molecular complexity index is 852. The van der Waals surface area contributed by atoms with Crippen molar-refractivity contribution in [3.05, 3.63) is 59.7 Å². The average molecular weight is 411 g/mol. The lowest BCUT2D eigenvalue weighted by atomic mass is 9.98. The molecule has 0 radical (unpaired) electrons. The van der Waals surface area contributed by atoms with Crippen molar-refractivity contribution in [1.29, 1.82) is 0 Å². The van der Waals surface area contributed by atoms with Crippen LogP contribution >= 0.6 is 11.8 Å². The number of thioether (sulfide) groups is 1. The molecule has 0 heterocycles. The molecule has 2 aliphatic carbocycles. The third-order valence-electron chi connectivity index (χ3n) is 5.49. The van der Waals surface area contributed by atoms with E-state index >= 15 is 0 Å². The molecule has 0 spiro atoms. The molecule has 4 rings (SSSR count). The first kappa shape index (κ1) is 19.8. The summed E-state index contributed by atoms with van der Waals surface area (Å²) in [6.07, 6.45) is 4.08. The normalized spacial score (nSPS) is 15.9. The minimum atomic E-state index is -0.557. The molecule has 29 heavy (non-hydrogen) atoms. The van der Waals surface area contributed by atoms with E-state index in [1.165, 1.54) is 22.3 Å². The van der Waals surface area contributed by atoms with Gasteiger partial charge in [-0.05, 0) is 53.5 Å². The van der Waals surface area contributed by atoms with Gasteiger partial charge in [0.05, 0.1) is 0 Å². The van der Waals surface area contributed by atoms with E-state index in [9.17, 15) is 9.59 Å². The first-order valence-corrected chi connectivity index (χ1v) is 11.5. The van der Waals surface area contributed by atoms with Crippen molar-refractivity contribution in [1.82, 2.24) is 10.6 Å².